The molecular weight excluding hydrogens is 474 g/mol. The van der Waals surface area contributed by atoms with Gasteiger partial charge in [-0.05, 0) is 69.4 Å². The predicted octanol–water partition coefficient (Wildman–Crippen LogP) is 3.57. The molecule has 0 saturated carbocycles. The van der Waals surface area contributed by atoms with Gasteiger partial charge in [-0.1, -0.05) is 0 Å². The van der Waals surface area contributed by atoms with E-state index in [1.165, 1.54) is 24.3 Å². The van der Waals surface area contributed by atoms with E-state index < -0.39 is 0 Å². The molecule has 6 heteroatoms. The molecule has 2 aromatic carbocycles. The Bertz CT molecular complexity index is 814. The van der Waals surface area contributed by atoms with E-state index in [4.69, 9.17) is 4.42 Å². The number of hydrogen-bond acceptors (Lipinski definition) is 4. The summed E-state index contributed by atoms with van der Waals surface area (Å²) in [6, 6.07) is 6.02. The van der Waals surface area contributed by atoms with E-state index in [9.17, 15) is 15.0 Å². The van der Waals surface area contributed by atoms with Gasteiger partial charge in [0.05, 0.1) is 17.9 Å². The molecule has 0 fully saturated rings. The van der Waals surface area contributed by atoms with Crippen LogP contribution in [-0.4, -0.2) is 10.2 Å². The molecule has 0 amide bonds. The highest BCUT2D eigenvalue weighted by molar-refractivity contribution is 14.1. The second-order valence-corrected chi connectivity index (χ2v) is 6.14. The van der Waals surface area contributed by atoms with Gasteiger partial charge in [-0.25, -0.2) is 0 Å². The molecule has 0 unspecified atom stereocenters. The summed E-state index contributed by atoms with van der Waals surface area (Å²) in [4.78, 5) is 12.4. The van der Waals surface area contributed by atoms with Gasteiger partial charge in [0.25, 0.3) is 0 Å². The summed E-state index contributed by atoms with van der Waals surface area (Å²) in [5.41, 5.74) is 0.496. The second-order valence-electron chi connectivity index (χ2n) is 3.98. The Morgan fingerprint density at radius 3 is 1.68 bits per heavy atom. The molecule has 96 valence electrons. The van der Waals surface area contributed by atoms with E-state index in [1.807, 2.05) is 45.2 Å². The number of phenolic OH excluding ortho intramolecular Hbond substituents is 2. The lowest BCUT2D eigenvalue weighted by molar-refractivity contribution is 0.469. The first-order chi connectivity index (χ1) is 9.00. The van der Waals surface area contributed by atoms with Crippen molar-refractivity contribution in [3.05, 3.63) is 41.6 Å². The lowest BCUT2D eigenvalue weighted by atomic mass is 10.1. The second kappa shape index (κ2) is 4.51. The first-order valence-electron chi connectivity index (χ1n) is 5.26. The molecular formula is C13H6I2O4. The van der Waals surface area contributed by atoms with Crippen LogP contribution >= 0.6 is 45.2 Å². The molecule has 4 nitrogen and oxygen atoms in total. The minimum Gasteiger partial charge on any atom is -0.507 e. The van der Waals surface area contributed by atoms with Crippen LogP contribution in [0, 0.1) is 7.14 Å². The summed E-state index contributed by atoms with van der Waals surface area (Å²) in [5.74, 6) is 0.122. The third-order valence-corrected chi connectivity index (χ3v) is 4.93. The van der Waals surface area contributed by atoms with Crippen LogP contribution in [0.4, 0.5) is 0 Å². The maximum Gasteiger partial charge on any atom is 0.200 e. The van der Waals surface area contributed by atoms with Crippen molar-refractivity contribution in [2.24, 2.45) is 0 Å². The lowest BCUT2D eigenvalue weighted by Gasteiger charge is -2.06. The Kier molecular flexibility index (Phi) is 3.08. The van der Waals surface area contributed by atoms with Crippen molar-refractivity contribution < 1.29 is 14.6 Å². The van der Waals surface area contributed by atoms with Gasteiger partial charge >= 0.3 is 0 Å². The van der Waals surface area contributed by atoms with Gasteiger partial charge in [0.2, 0.25) is 5.43 Å². The maximum absolute atomic E-state index is 12.4. The smallest absolute Gasteiger partial charge is 0.200 e. The van der Waals surface area contributed by atoms with Crippen molar-refractivity contribution in [2.75, 3.05) is 0 Å². The third-order valence-electron chi connectivity index (χ3n) is 2.85. The van der Waals surface area contributed by atoms with Gasteiger partial charge < -0.3 is 14.6 Å². The van der Waals surface area contributed by atoms with Crippen LogP contribution in [0.3, 0.4) is 0 Å². The normalized spacial score (nSPS) is 11.3. The van der Waals surface area contributed by atoms with Crippen LogP contribution in [0.25, 0.3) is 21.9 Å². The summed E-state index contributed by atoms with van der Waals surface area (Å²) in [5, 5.41) is 20.2. The number of phenols is 2. The van der Waals surface area contributed by atoms with Crippen molar-refractivity contribution >= 4 is 67.1 Å². The van der Waals surface area contributed by atoms with Gasteiger partial charge in [-0.2, -0.15) is 0 Å². The van der Waals surface area contributed by atoms with E-state index >= 15 is 0 Å². The van der Waals surface area contributed by atoms with Crippen molar-refractivity contribution in [1.82, 2.24) is 0 Å². The number of hydrogen-bond donors (Lipinski definition) is 2. The molecule has 0 aliphatic heterocycles. The van der Waals surface area contributed by atoms with E-state index in [0.29, 0.717) is 29.1 Å². The molecule has 1 aromatic heterocycles. The average Bonchev–Trinajstić information content (AvgIpc) is 2.39. The van der Waals surface area contributed by atoms with E-state index in [2.05, 4.69) is 0 Å². The van der Waals surface area contributed by atoms with Gasteiger partial charge in [-0.15, -0.1) is 0 Å². The molecule has 0 aliphatic carbocycles. The lowest BCUT2D eigenvalue weighted by Crippen LogP contribution is -2.03. The van der Waals surface area contributed by atoms with Crippen LogP contribution < -0.4 is 5.43 Å². The minimum absolute atomic E-state index is 0.0609. The molecule has 0 saturated heterocycles. The zero-order chi connectivity index (χ0) is 13.7. The largest absolute Gasteiger partial charge is 0.507 e. The van der Waals surface area contributed by atoms with Crippen LogP contribution in [-0.2, 0) is 0 Å². The summed E-state index contributed by atoms with van der Waals surface area (Å²) >= 11 is 3.85. The average molecular weight is 480 g/mol. The van der Waals surface area contributed by atoms with Gasteiger partial charge in [0, 0.05) is 0 Å². The van der Waals surface area contributed by atoms with Crippen LogP contribution in [0.5, 0.6) is 11.5 Å². The van der Waals surface area contributed by atoms with Crippen LogP contribution in [0.2, 0.25) is 0 Å². The number of rotatable bonds is 0. The highest BCUT2D eigenvalue weighted by Crippen LogP contribution is 2.33. The summed E-state index contributed by atoms with van der Waals surface area (Å²) < 4.78 is 6.67. The maximum atomic E-state index is 12.4. The fourth-order valence-electron chi connectivity index (χ4n) is 1.90. The first-order valence-corrected chi connectivity index (χ1v) is 7.42. The Morgan fingerprint density at radius 1 is 0.842 bits per heavy atom. The molecule has 0 aliphatic rings. The Morgan fingerprint density at radius 2 is 1.26 bits per heavy atom. The van der Waals surface area contributed by atoms with Crippen LogP contribution in [0.15, 0.2) is 33.5 Å². The van der Waals surface area contributed by atoms with E-state index in [0.717, 1.165) is 0 Å². The summed E-state index contributed by atoms with van der Waals surface area (Å²) in [6.45, 7) is 0. The predicted molar refractivity (Wildman–Crippen MR) is 88.8 cm³/mol. The number of aromatic hydroxyl groups is 2. The van der Waals surface area contributed by atoms with Crippen molar-refractivity contribution in [2.45, 2.75) is 0 Å². The number of fused-ring (bicyclic) bond motifs is 2. The zero-order valence-electron chi connectivity index (χ0n) is 9.28. The highest BCUT2D eigenvalue weighted by Gasteiger charge is 2.15. The minimum atomic E-state index is -0.174. The molecule has 3 aromatic rings. The number of halogens is 2. The monoisotopic (exact) mass is 480 g/mol. The number of benzene rings is 2. The molecule has 1 heterocycles. The van der Waals surface area contributed by atoms with Crippen molar-refractivity contribution in [3.63, 3.8) is 0 Å². The Labute approximate surface area is 134 Å². The van der Waals surface area contributed by atoms with Gasteiger partial charge in [-0.3, -0.25) is 4.79 Å². The molecule has 0 radical (unpaired) electrons. The molecule has 0 atom stereocenters. The fourth-order valence-corrected chi connectivity index (χ4v) is 3.06. The van der Waals surface area contributed by atoms with Gasteiger partial charge in [0.1, 0.15) is 11.5 Å². The molecule has 0 spiro atoms. The zero-order valence-corrected chi connectivity index (χ0v) is 13.6. The molecule has 3 rings (SSSR count). The molecule has 19 heavy (non-hydrogen) atoms. The SMILES string of the molecule is O=c1c2ccc(O)c(I)c2oc2c(I)c(O)ccc12. The Hall–Kier alpha value is -1.03. The standard InChI is InChI=1S/C13H6I2O4/c14-9-7(16)3-1-5-11(18)6-2-4-8(17)10(15)13(6)19-12(5)9/h1-4,16-17H. The van der Waals surface area contributed by atoms with Gasteiger partial charge in [0.15, 0.2) is 11.2 Å². The summed E-state index contributed by atoms with van der Waals surface area (Å²) in [7, 11) is 0. The molecule has 0 bridgehead atoms. The molecule has 2 N–H and O–H groups in total. The quantitative estimate of drug-likeness (QED) is 0.382. The van der Waals surface area contributed by atoms with Crippen LogP contribution in [0.1, 0.15) is 0 Å². The topological polar surface area (TPSA) is 70.7 Å². The van der Waals surface area contributed by atoms with E-state index in [-0.39, 0.29) is 16.9 Å². The fraction of sp³-hybridized carbons (Fsp3) is 0. The van der Waals surface area contributed by atoms with Crippen molar-refractivity contribution in [1.29, 1.82) is 0 Å². The first kappa shape index (κ1) is 13.0. The highest BCUT2D eigenvalue weighted by atomic mass is 127. The third kappa shape index (κ3) is 1.88. The van der Waals surface area contributed by atoms with Crippen molar-refractivity contribution in [3.8, 4) is 11.5 Å². The Balaban J connectivity index is 2.65. The van der Waals surface area contributed by atoms with E-state index in [1.54, 1.807) is 0 Å². The summed E-state index contributed by atoms with van der Waals surface area (Å²) in [6.07, 6.45) is 0.